The van der Waals surface area contributed by atoms with Crippen molar-refractivity contribution in [3.05, 3.63) is 35.9 Å². The Labute approximate surface area is 424 Å². The quantitative estimate of drug-likeness (QED) is 0.0502. The average Bonchev–Trinajstić information content (AvgIpc) is 3.32. The van der Waals surface area contributed by atoms with Crippen molar-refractivity contribution in [1.29, 1.82) is 0 Å². The van der Waals surface area contributed by atoms with Crippen LogP contribution in [-0.2, 0) is 49.6 Å². The predicted octanol–water partition coefficient (Wildman–Crippen LogP) is -2.55. The molecule has 1 aromatic rings. The first-order valence-corrected chi connectivity index (χ1v) is 25.5. The second kappa shape index (κ2) is 33.8. The summed E-state index contributed by atoms with van der Waals surface area (Å²) >= 11 is 0. The fourth-order valence-electron chi connectivity index (χ4n) is 8.00. The van der Waals surface area contributed by atoms with Crippen LogP contribution in [0.3, 0.4) is 0 Å². The smallest absolute Gasteiger partial charge is 0.244 e. The Kier molecular flexibility index (Phi) is 29.3. The van der Waals surface area contributed by atoms with Gasteiger partial charge in [-0.05, 0) is 75.6 Å². The molecule has 0 aromatic heterocycles. The first-order chi connectivity index (χ1) is 34.3. The maximum Gasteiger partial charge on any atom is 0.244 e. The number of amides is 9. The number of carbonyl (C=O) groups excluding carboxylic acids is 9. The minimum absolute atomic E-state index is 0.0490. The minimum Gasteiger partial charge on any atom is -0.393 e. The molecule has 0 spiro atoms. The summed E-state index contributed by atoms with van der Waals surface area (Å²) in [6.07, 6.45) is 3.44. The van der Waals surface area contributed by atoms with Crippen molar-refractivity contribution < 1.29 is 48.3 Å². The van der Waals surface area contributed by atoms with Gasteiger partial charge in [0, 0.05) is 19.5 Å². The van der Waals surface area contributed by atoms with Gasteiger partial charge in [-0.2, -0.15) is 0 Å². The van der Waals surface area contributed by atoms with E-state index in [0.29, 0.717) is 12.0 Å². The molecule has 23 nitrogen and oxygen atoms in total. The summed E-state index contributed by atoms with van der Waals surface area (Å²) in [5.74, 6) is -7.65. The van der Waals surface area contributed by atoms with Gasteiger partial charge in [0.1, 0.15) is 48.3 Å². The van der Waals surface area contributed by atoms with E-state index in [1.807, 2.05) is 13.8 Å². The highest BCUT2D eigenvalue weighted by molar-refractivity contribution is 5.98. The van der Waals surface area contributed by atoms with Crippen molar-refractivity contribution in [3.63, 3.8) is 0 Å². The number of rotatable bonds is 23. The molecule has 1 saturated heterocycles. The van der Waals surface area contributed by atoms with Crippen molar-refractivity contribution in [3.8, 4) is 0 Å². The van der Waals surface area contributed by atoms with Crippen LogP contribution in [0.1, 0.15) is 117 Å². The van der Waals surface area contributed by atoms with Crippen LogP contribution in [-0.4, -0.2) is 145 Å². The summed E-state index contributed by atoms with van der Waals surface area (Å²) < 4.78 is 0. The van der Waals surface area contributed by atoms with E-state index >= 15 is 0 Å². The van der Waals surface area contributed by atoms with Crippen molar-refractivity contribution in [2.75, 3.05) is 32.7 Å². The summed E-state index contributed by atoms with van der Waals surface area (Å²) in [6, 6.07) is -1.78. The maximum atomic E-state index is 14.3. The lowest BCUT2D eigenvalue weighted by Gasteiger charge is -2.29. The molecule has 0 saturated carbocycles. The van der Waals surface area contributed by atoms with Gasteiger partial charge in [0.25, 0.3) is 0 Å². The van der Waals surface area contributed by atoms with Crippen molar-refractivity contribution in [2.45, 2.75) is 173 Å². The molecule has 9 amide bonds. The molecule has 72 heavy (non-hydrogen) atoms. The molecule has 1 heterocycles. The Morgan fingerprint density at radius 1 is 0.653 bits per heavy atom. The van der Waals surface area contributed by atoms with Crippen LogP contribution in [0.2, 0.25) is 0 Å². The Hall–Kier alpha value is -5.75. The summed E-state index contributed by atoms with van der Waals surface area (Å²) in [5, 5.41) is 34.3. The van der Waals surface area contributed by atoms with Crippen LogP contribution in [0.4, 0.5) is 0 Å². The number of hydrogen-bond donors (Lipinski definition) is 14. The van der Waals surface area contributed by atoms with E-state index in [4.69, 9.17) is 22.9 Å². The molecule has 18 N–H and O–H groups in total. The number of nitrogens with two attached hydrogens (primary N) is 4. The first-order valence-electron chi connectivity index (χ1n) is 25.5. The van der Waals surface area contributed by atoms with Gasteiger partial charge in [0.05, 0.1) is 12.5 Å². The summed E-state index contributed by atoms with van der Waals surface area (Å²) in [5.41, 5.74) is 24.2. The molecule has 9 atom stereocenters. The van der Waals surface area contributed by atoms with Gasteiger partial charge in [0.2, 0.25) is 53.2 Å². The van der Waals surface area contributed by atoms with Gasteiger partial charge < -0.3 is 75.9 Å². The van der Waals surface area contributed by atoms with E-state index in [0.717, 1.165) is 32.1 Å². The van der Waals surface area contributed by atoms with Gasteiger partial charge in [-0.25, -0.2) is 0 Å². The van der Waals surface area contributed by atoms with Crippen LogP contribution in [0.15, 0.2) is 30.3 Å². The van der Waals surface area contributed by atoms with E-state index in [1.165, 1.54) is 0 Å². The molecule has 1 aliphatic heterocycles. The van der Waals surface area contributed by atoms with Crippen LogP contribution < -0.4 is 70.8 Å². The lowest BCUT2D eigenvalue weighted by molar-refractivity contribution is -0.136. The van der Waals surface area contributed by atoms with Crippen LogP contribution in [0.25, 0.3) is 0 Å². The molecule has 0 aliphatic carbocycles. The largest absolute Gasteiger partial charge is 0.393 e. The molecule has 2 rings (SSSR count). The van der Waals surface area contributed by atoms with Gasteiger partial charge in [-0.3, -0.25) is 43.2 Å². The predicted molar refractivity (Wildman–Crippen MR) is 272 cm³/mol. The summed E-state index contributed by atoms with van der Waals surface area (Å²) in [7, 11) is 0. The number of carbonyl (C=O) groups is 9. The van der Waals surface area contributed by atoms with Crippen LogP contribution in [0, 0.1) is 11.8 Å². The molecule has 406 valence electrons. The van der Waals surface area contributed by atoms with Gasteiger partial charge in [-0.15, -0.1) is 0 Å². The molecule has 0 bridgehead atoms. The molecule has 0 radical (unpaired) electrons. The molecule has 1 aromatic carbocycles. The molecular formula is C49H85N13O10. The highest BCUT2D eigenvalue weighted by Crippen LogP contribution is 2.12. The van der Waals surface area contributed by atoms with E-state index in [-0.39, 0.29) is 77.0 Å². The third-order valence-corrected chi connectivity index (χ3v) is 12.1. The van der Waals surface area contributed by atoms with Gasteiger partial charge >= 0.3 is 0 Å². The second-order valence-electron chi connectivity index (χ2n) is 19.1. The third-order valence-electron chi connectivity index (χ3n) is 12.1. The lowest BCUT2D eigenvalue weighted by Crippen LogP contribution is -2.61. The van der Waals surface area contributed by atoms with E-state index in [9.17, 15) is 48.3 Å². The first kappa shape index (κ1) is 62.4. The SMILES string of the molecule is CCCCCCC[C@@H](O)CC(=O)N[C@H](CN)C(=O)N[C@H]1CCNC(=O)[C@H](CC(C)C)NC(=O)[C@H](CCN)NC(=O)[C@H](CCN)NC(=O)[C@H](C(C)C)NC(=O)[C@@H](Cc2ccccc2)NC(=O)[C@H](CCN)NC1=O. The summed E-state index contributed by atoms with van der Waals surface area (Å²) in [6.45, 7) is 8.20. The van der Waals surface area contributed by atoms with E-state index in [2.05, 4.69) is 54.8 Å². The van der Waals surface area contributed by atoms with E-state index in [1.54, 1.807) is 44.2 Å². The molecule has 0 unspecified atom stereocenters. The Balaban J connectivity index is 2.64. The van der Waals surface area contributed by atoms with E-state index < -0.39 is 120 Å². The second-order valence-corrected chi connectivity index (χ2v) is 19.1. The number of aliphatic hydroxyl groups is 1. The average molecular weight is 1020 g/mol. The van der Waals surface area contributed by atoms with Crippen LogP contribution in [0.5, 0.6) is 0 Å². The fraction of sp³-hybridized carbons (Fsp3) is 0.694. The number of unbranched alkanes of at least 4 members (excludes halogenated alkanes) is 4. The standard InChI is InChI=1S/C49H85N13O10/c1-6-7-8-9-13-16-32(63)27-40(64)55-39(28-53)48(71)58-36-20-24-54-42(65)37(25-29(2)3)60-44(67)33(17-21-50)56-43(66)35(19-23-52)59-49(72)41(30(4)5)62-47(70)38(26-31-14-11-10-12-15-31)61-45(68)34(18-22-51)57-46(36)69/h10-12,14-15,29-30,32-39,41,63H,6-9,13,16-28,50-53H2,1-5H3,(H,54,65)(H,55,64)(H,56,66)(H,57,69)(H,58,71)(H,59,72)(H,60,67)(H,61,68)(H,62,70)/t32-,33+,34+,35+,36+,37+,38-,39-,41+/m1/s1. The third kappa shape index (κ3) is 22.8. The van der Waals surface area contributed by atoms with Crippen LogP contribution >= 0.6 is 0 Å². The number of nitrogens with one attached hydrogen (secondary N) is 9. The molecule has 1 fully saturated rings. The topological polar surface area (TPSA) is 386 Å². The number of benzene rings is 1. The lowest BCUT2D eigenvalue weighted by atomic mass is 10.00. The Morgan fingerprint density at radius 2 is 1.17 bits per heavy atom. The zero-order chi connectivity index (χ0) is 53.8. The van der Waals surface area contributed by atoms with Crippen molar-refractivity contribution in [1.82, 2.24) is 47.9 Å². The van der Waals surface area contributed by atoms with Gasteiger partial charge in [-0.1, -0.05) is 97.1 Å². The highest BCUT2D eigenvalue weighted by Gasteiger charge is 2.36. The molecule has 23 heteroatoms. The zero-order valence-corrected chi connectivity index (χ0v) is 42.9. The molecular weight excluding hydrogens is 931 g/mol. The van der Waals surface area contributed by atoms with Gasteiger partial charge in [0.15, 0.2) is 0 Å². The normalized spacial score (nSPS) is 23.3. The fourth-order valence-corrected chi connectivity index (χ4v) is 8.00. The monoisotopic (exact) mass is 1020 g/mol. The number of hydrogen-bond acceptors (Lipinski definition) is 14. The van der Waals surface area contributed by atoms with Crippen molar-refractivity contribution >= 4 is 53.2 Å². The molecule has 1 aliphatic rings. The minimum atomic E-state index is -1.48. The van der Waals surface area contributed by atoms with Crippen molar-refractivity contribution in [2.24, 2.45) is 34.8 Å². The summed E-state index contributed by atoms with van der Waals surface area (Å²) in [4.78, 5) is 125. The zero-order valence-electron chi connectivity index (χ0n) is 42.9. The maximum absolute atomic E-state index is 14.3. The highest BCUT2D eigenvalue weighted by atomic mass is 16.3. The Morgan fingerprint density at radius 3 is 1.69 bits per heavy atom. The Bertz CT molecular complexity index is 1890. The number of aliphatic hydroxyl groups excluding tert-OH is 1.